The number of hydrogen-bond acceptors (Lipinski definition) is 0. The quantitative estimate of drug-likeness (QED) is 0.253. The van der Waals surface area contributed by atoms with Gasteiger partial charge in [0.2, 0.25) is 0 Å². The Morgan fingerprint density at radius 3 is 1.00 bits per heavy atom. The van der Waals surface area contributed by atoms with Crippen molar-refractivity contribution in [3.8, 4) is 0 Å². The van der Waals surface area contributed by atoms with Gasteiger partial charge in [-0.3, -0.25) is 0 Å². The molecule has 0 aromatic carbocycles. The SMILES string of the molecule is B.P.[Fe].[SiH4]. The molecule has 0 aromatic rings. The standard InChI is InChI=1S/BH3.Fe.H3P.H4Si/h1H3;;1H3;1H4. The molecule has 0 saturated heterocycles. The van der Waals surface area contributed by atoms with Crippen LogP contribution >= 0.6 is 9.90 Å². The fourth-order valence-corrected chi connectivity index (χ4v) is 0. The molecule has 4 heavy (non-hydrogen) atoms. The summed E-state index contributed by atoms with van der Waals surface area (Å²) in [6.07, 6.45) is 0. The molecular formula is H10BFePSi. The van der Waals surface area contributed by atoms with Crippen LogP contribution in [0.5, 0.6) is 0 Å². The zero-order valence-electron chi connectivity index (χ0n) is 1.06. The van der Waals surface area contributed by atoms with Gasteiger partial charge in [-0.15, -0.1) is 0 Å². The summed E-state index contributed by atoms with van der Waals surface area (Å²) in [4.78, 5) is 0. The van der Waals surface area contributed by atoms with Gasteiger partial charge in [-0.1, -0.05) is 0 Å². The Bertz CT molecular complexity index is 8.00. The van der Waals surface area contributed by atoms with Gasteiger partial charge in [-0.05, 0) is 11.0 Å². The van der Waals surface area contributed by atoms with Crippen LogP contribution in [-0.2, 0) is 17.1 Å². The fourth-order valence-electron chi connectivity index (χ4n) is 0. The molecule has 1 unspecified atom stereocenters. The van der Waals surface area contributed by atoms with Crippen molar-refractivity contribution >= 4 is 29.3 Å². The van der Waals surface area contributed by atoms with E-state index in [0.29, 0.717) is 0 Å². The molecule has 0 rings (SSSR count). The van der Waals surface area contributed by atoms with Crippen molar-refractivity contribution < 1.29 is 17.1 Å². The summed E-state index contributed by atoms with van der Waals surface area (Å²) >= 11 is 0. The van der Waals surface area contributed by atoms with Crippen molar-refractivity contribution in [1.82, 2.24) is 0 Å². The van der Waals surface area contributed by atoms with Crippen LogP contribution < -0.4 is 0 Å². The van der Waals surface area contributed by atoms with Crippen molar-refractivity contribution in [2.45, 2.75) is 0 Å². The molecule has 0 amide bonds. The third kappa shape index (κ3) is 10.6. The van der Waals surface area contributed by atoms with E-state index in [0.717, 1.165) is 0 Å². The average Bonchev–Trinajstić information content (AvgIpc) is 0. The molecule has 0 aromatic heterocycles. The average molecular weight is 136 g/mol. The van der Waals surface area contributed by atoms with Crippen LogP contribution in [0.15, 0.2) is 0 Å². The van der Waals surface area contributed by atoms with Gasteiger partial charge >= 0.3 is 0 Å². The first kappa shape index (κ1) is 61.8. The van der Waals surface area contributed by atoms with Gasteiger partial charge < -0.3 is 0 Å². The Kier molecular flexibility index (Phi) is 450. The normalized spacial score (nSPS) is 0. The molecule has 0 N–H and O–H groups in total. The predicted molar refractivity (Wildman–Crippen MR) is 32.4 cm³/mol. The molecule has 0 bridgehead atoms. The van der Waals surface area contributed by atoms with Gasteiger partial charge in [0.05, 0.1) is 8.41 Å². The topological polar surface area (TPSA) is 0 Å². The Hall–Kier alpha value is 1.23. The van der Waals surface area contributed by atoms with E-state index in [2.05, 4.69) is 0 Å². The second kappa shape index (κ2) is 29.1. The second-order valence-electron chi connectivity index (χ2n) is 0. The first-order valence-electron chi connectivity index (χ1n) is 0. The molecule has 4 heteroatoms. The van der Waals surface area contributed by atoms with E-state index < -0.39 is 0 Å². The zero-order valence-corrected chi connectivity index (χ0v) is 3.58. The molecular weight excluding hydrogens is 126 g/mol. The van der Waals surface area contributed by atoms with Crippen LogP contribution in [0.2, 0.25) is 0 Å². The second-order valence-corrected chi connectivity index (χ2v) is 0. The summed E-state index contributed by atoms with van der Waals surface area (Å²) in [6, 6.07) is 0. The molecule has 30 valence electrons. The first-order valence-corrected chi connectivity index (χ1v) is 0. The Labute approximate surface area is 46.8 Å². The van der Waals surface area contributed by atoms with Crippen LogP contribution in [0, 0.1) is 0 Å². The molecule has 0 radical (unpaired) electrons. The van der Waals surface area contributed by atoms with E-state index >= 15 is 0 Å². The molecule has 0 saturated carbocycles. The van der Waals surface area contributed by atoms with Gasteiger partial charge in [-0.2, -0.15) is 9.90 Å². The van der Waals surface area contributed by atoms with Crippen molar-refractivity contribution in [1.29, 1.82) is 0 Å². The molecule has 0 aliphatic heterocycles. The first-order chi connectivity index (χ1) is 0. The van der Waals surface area contributed by atoms with E-state index in [1.54, 1.807) is 0 Å². The summed E-state index contributed by atoms with van der Waals surface area (Å²) in [5, 5.41) is 0. The third-order valence-corrected chi connectivity index (χ3v) is 0. The fraction of sp³-hybridized carbons (Fsp3) is 0. The number of hydrogen-bond donors (Lipinski definition) is 0. The van der Waals surface area contributed by atoms with Gasteiger partial charge in [0.15, 0.2) is 0 Å². The largest absolute Gasteiger partial charge is 0.153 e. The maximum atomic E-state index is 0. The smallest absolute Gasteiger partial charge is 0.0814 e. The minimum absolute atomic E-state index is 0. The molecule has 1 atom stereocenters. The van der Waals surface area contributed by atoms with E-state index in [4.69, 9.17) is 0 Å². The zero-order chi connectivity index (χ0) is 0. The van der Waals surface area contributed by atoms with Gasteiger partial charge in [0.1, 0.15) is 0 Å². The maximum Gasteiger partial charge on any atom is 0.0814 e. The Balaban J connectivity index is 0. The third-order valence-electron chi connectivity index (χ3n) is 0. The Morgan fingerprint density at radius 1 is 1.00 bits per heavy atom. The summed E-state index contributed by atoms with van der Waals surface area (Å²) < 4.78 is 0. The molecule has 0 heterocycles. The van der Waals surface area contributed by atoms with Crippen LogP contribution in [0.3, 0.4) is 0 Å². The van der Waals surface area contributed by atoms with Crippen LogP contribution in [0.1, 0.15) is 0 Å². The van der Waals surface area contributed by atoms with Crippen molar-refractivity contribution in [3.63, 3.8) is 0 Å². The van der Waals surface area contributed by atoms with E-state index in [9.17, 15) is 0 Å². The van der Waals surface area contributed by atoms with Gasteiger partial charge in [0.25, 0.3) is 0 Å². The minimum atomic E-state index is 0. The van der Waals surface area contributed by atoms with Crippen LogP contribution in [0.25, 0.3) is 0 Å². The van der Waals surface area contributed by atoms with E-state index in [1.807, 2.05) is 0 Å². The predicted octanol–water partition coefficient (Wildman–Crippen LogP) is -2.58. The maximum absolute atomic E-state index is 0. The van der Waals surface area contributed by atoms with Crippen molar-refractivity contribution in [3.05, 3.63) is 0 Å². The summed E-state index contributed by atoms with van der Waals surface area (Å²) in [6.45, 7) is 0. The monoisotopic (exact) mass is 136 g/mol. The molecule has 0 nitrogen and oxygen atoms in total. The molecule has 0 fully saturated rings. The minimum Gasteiger partial charge on any atom is -0.153 e. The summed E-state index contributed by atoms with van der Waals surface area (Å²) in [7, 11) is 0. The molecule has 0 aliphatic rings. The van der Waals surface area contributed by atoms with Gasteiger partial charge in [0, 0.05) is 17.1 Å². The van der Waals surface area contributed by atoms with E-state index in [-0.39, 0.29) is 46.3 Å². The van der Waals surface area contributed by atoms with Crippen molar-refractivity contribution in [2.75, 3.05) is 0 Å². The molecule has 0 aliphatic carbocycles. The number of rotatable bonds is 0. The van der Waals surface area contributed by atoms with E-state index in [1.165, 1.54) is 0 Å². The van der Waals surface area contributed by atoms with Crippen LogP contribution in [0.4, 0.5) is 0 Å². The summed E-state index contributed by atoms with van der Waals surface area (Å²) in [5.41, 5.74) is 0. The van der Waals surface area contributed by atoms with Gasteiger partial charge in [-0.25, -0.2) is 0 Å². The summed E-state index contributed by atoms with van der Waals surface area (Å²) in [5.74, 6) is 0. The van der Waals surface area contributed by atoms with Crippen LogP contribution in [-0.4, -0.2) is 19.4 Å². The Morgan fingerprint density at radius 2 is 1.00 bits per heavy atom. The molecule has 0 spiro atoms. The van der Waals surface area contributed by atoms with Crippen molar-refractivity contribution in [2.24, 2.45) is 0 Å².